The molecule has 0 unspecified atom stereocenters. The lowest BCUT2D eigenvalue weighted by Crippen LogP contribution is -2.32. The Labute approximate surface area is 112 Å². The Morgan fingerprint density at radius 3 is 2.80 bits per heavy atom. The zero-order valence-corrected chi connectivity index (χ0v) is 10.8. The second-order valence-electron chi connectivity index (χ2n) is 4.16. The molecule has 0 aliphatic carbocycles. The average Bonchev–Trinajstić information content (AvgIpc) is 2.67. The smallest absolute Gasteiger partial charge is 0.390 e. The Hall–Kier alpha value is -1.53. The summed E-state index contributed by atoms with van der Waals surface area (Å²) in [4.78, 5) is 24.5. The van der Waals surface area contributed by atoms with E-state index >= 15 is 0 Å². The van der Waals surface area contributed by atoms with Crippen molar-refractivity contribution in [3.8, 4) is 0 Å². The summed E-state index contributed by atoms with van der Waals surface area (Å²) in [6, 6.07) is 1.11. The third kappa shape index (κ3) is 3.52. The van der Waals surface area contributed by atoms with Crippen LogP contribution in [0.3, 0.4) is 0 Å². The van der Waals surface area contributed by atoms with E-state index in [0.717, 1.165) is 10.6 Å². The van der Waals surface area contributed by atoms with Gasteiger partial charge in [-0.05, 0) is 0 Å². The van der Waals surface area contributed by atoms with Crippen LogP contribution in [-0.4, -0.2) is 46.4 Å². The predicted octanol–water partition coefficient (Wildman–Crippen LogP) is -2.00. The Balaban J connectivity index is 2.10. The molecule has 1 aliphatic rings. The Kier molecular flexibility index (Phi) is 4.06. The molecule has 20 heavy (non-hydrogen) atoms. The molecular weight excluding hydrogens is 296 g/mol. The fourth-order valence-corrected chi connectivity index (χ4v) is 2.15. The van der Waals surface area contributed by atoms with Crippen LogP contribution in [0.2, 0.25) is 0 Å². The number of rotatable bonds is 4. The maximum atomic E-state index is 11.5. The molecule has 10 nitrogen and oxygen atoms in total. The van der Waals surface area contributed by atoms with Gasteiger partial charge in [-0.3, -0.25) is 18.9 Å². The van der Waals surface area contributed by atoms with Gasteiger partial charge in [0.2, 0.25) is 0 Å². The number of nitrogens with zero attached hydrogens (tertiary/aromatic N) is 1. The molecule has 1 aliphatic heterocycles. The second-order valence-corrected chi connectivity index (χ2v) is 5.25. The first-order chi connectivity index (χ1) is 9.26. The molecule has 1 aromatic heterocycles. The Bertz CT molecular complexity index is 692. The number of nitrogens with one attached hydrogen (secondary N) is 1. The molecule has 0 aromatic carbocycles. The largest absolute Gasteiger partial charge is 0.397 e. The number of aliphatic hydroxyl groups is 1. The molecule has 11 heteroatoms. The summed E-state index contributed by atoms with van der Waals surface area (Å²) in [6.07, 6.45) is -1.78. The van der Waals surface area contributed by atoms with Gasteiger partial charge in [0.25, 0.3) is 5.56 Å². The number of hydrogen-bond donors (Lipinski definition) is 3. The summed E-state index contributed by atoms with van der Waals surface area (Å²) in [6.45, 7) is -0.589. The molecule has 1 aromatic rings. The lowest BCUT2D eigenvalue weighted by Gasteiger charge is -2.14. The fraction of sp³-hybridized carbons (Fsp3) is 0.556. The van der Waals surface area contributed by atoms with E-state index in [-0.39, 0.29) is 6.42 Å². The van der Waals surface area contributed by atoms with E-state index in [1.807, 2.05) is 4.98 Å². The van der Waals surface area contributed by atoms with Crippen LogP contribution in [0.1, 0.15) is 12.6 Å². The normalized spacial score (nSPS) is 26.8. The lowest BCUT2D eigenvalue weighted by molar-refractivity contribution is -0.0414. The highest BCUT2D eigenvalue weighted by atomic mass is 32.3. The first-order valence-electron chi connectivity index (χ1n) is 5.53. The van der Waals surface area contributed by atoms with Crippen LogP contribution in [0.5, 0.6) is 0 Å². The summed E-state index contributed by atoms with van der Waals surface area (Å²) in [5, 5.41) is 9.69. The number of ether oxygens (including phenoxy) is 1. The van der Waals surface area contributed by atoms with Crippen LogP contribution < -0.4 is 11.2 Å². The third-order valence-corrected chi connectivity index (χ3v) is 3.18. The number of aromatic amines is 1. The van der Waals surface area contributed by atoms with Gasteiger partial charge in [0.1, 0.15) is 12.3 Å². The number of aliphatic hydroxyl groups excluding tert-OH is 1. The highest BCUT2D eigenvalue weighted by Gasteiger charge is 2.36. The average molecular weight is 308 g/mol. The van der Waals surface area contributed by atoms with Crippen LogP contribution in [0, 0.1) is 0 Å². The molecule has 0 amide bonds. The Morgan fingerprint density at radius 2 is 2.20 bits per heavy atom. The van der Waals surface area contributed by atoms with E-state index < -0.39 is 46.7 Å². The highest BCUT2D eigenvalue weighted by molar-refractivity contribution is 7.80. The maximum absolute atomic E-state index is 11.5. The summed E-state index contributed by atoms with van der Waals surface area (Å²) in [5.74, 6) is 0. The van der Waals surface area contributed by atoms with E-state index in [1.54, 1.807) is 0 Å². The number of H-pyrrole nitrogens is 1. The third-order valence-electron chi connectivity index (χ3n) is 2.75. The molecule has 3 N–H and O–H groups in total. The molecule has 0 bridgehead atoms. The van der Waals surface area contributed by atoms with Gasteiger partial charge < -0.3 is 9.84 Å². The number of aromatic nitrogens is 2. The first kappa shape index (κ1) is 14.9. The quantitative estimate of drug-likeness (QED) is 0.541. The van der Waals surface area contributed by atoms with Crippen molar-refractivity contribution in [2.75, 3.05) is 6.61 Å². The van der Waals surface area contributed by atoms with E-state index in [4.69, 9.17) is 9.29 Å². The van der Waals surface area contributed by atoms with E-state index in [2.05, 4.69) is 4.18 Å². The van der Waals surface area contributed by atoms with Crippen molar-refractivity contribution in [1.29, 1.82) is 0 Å². The van der Waals surface area contributed by atoms with Crippen molar-refractivity contribution in [2.45, 2.75) is 24.9 Å². The zero-order chi connectivity index (χ0) is 14.9. The second kappa shape index (κ2) is 5.46. The van der Waals surface area contributed by atoms with Crippen molar-refractivity contribution < 1.29 is 27.0 Å². The van der Waals surface area contributed by atoms with Gasteiger partial charge in [-0.15, -0.1) is 0 Å². The molecule has 3 atom stereocenters. The number of hydrogen-bond acceptors (Lipinski definition) is 7. The van der Waals surface area contributed by atoms with Crippen molar-refractivity contribution in [3.05, 3.63) is 33.1 Å². The van der Waals surface area contributed by atoms with Gasteiger partial charge in [-0.2, -0.15) is 8.42 Å². The lowest BCUT2D eigenvalue weighted by atomic mass is 10.2. The van der Waals surface area contributed by atoms with Crippen molar-refractivity contribution in [1.82, 2.24) is 9.55 Å². The first-order valence-corrected chi connectivity index (χ1v) is 6.89. The van der Waals surface area contributed by atoms with E-state index in [1.165, 1.54) is 6.20 Å². The van der Waals surface area contributed by atoms with Gasteiger partial charge in [0.05, 0.1) is 12.7 Å². The SMILES string of the molecule is O=c1ccn([C@H]2C[C@H](O)[C@@H](COS(=O)(=O)O)O2)c(=O)[nH]1. The van der Waals surface area contributed by atoms with Crippen LogP contribution in [0.4, 0.5) is 0 Å². The monoisotopic (exact) mass is 308 g/mol. The topological polar surface area (TPSA) is 148 Å². The maximum Gasteiger partial charge on any atom is 0.397 e. The van der Waals surface area contributed by atoms with Crippen molar-refractivity contribution in [3.63, 3.8) is 0 Å². The molecule has 0 radical (unpaired) electrons. The summed E-state index contributed by atoms with van der Waals surface area (Å²) < 4.78 is 39.8. The molecule has 1 saturated heterocycles. The molecular formula is C9H12N2O8S. The molecule has 2 rings (SSSR count). The van der Waals surface area contributed by atoms with Crippen LogP contribution in [0.25, 0.3) is 0 Å². The minimum atomic E-state index is -4.64. The molecule has 1 fully saturated rings. The summed E-state index contributed by atoms with van der Waals surface area (Å²) in [7, 11) is -4.64. The van der Waals surface area contributed by atoms with Gasteiger partial charge in [-0.1, -0.05) is 0 Å². The predicted molar refractivity (Wildman–Crippen MR) is 63.4 cm³/mol. The Morgan fingerprint density at radius 1 is 1.50 bits per heavy atom. The zero-order valence-electron chi connectivity index (χ0n) is 10.0. The minimum absolute atomic E-state index is 0.00541. The van der Waals surface area contributed by atoms with Crippen LogP contribution >= 0.6 is 0 Å². The fourth-order valence-electron chi connectivity index (χ4n) is 1.84. The summed E-state index contributed by atoms with van der Waals surface area (Å²) in [5.41, 5.74) is -1.29. The molecule has 0 spiro atoms. The highest BCUT2D eigenvalue weighted by Crippen LogP contribution is 2.27. The van der Waals surface area contributed by atoms with Crippen LogP contribution in [-0.2, 0) is 19.3 Å². The standard InChI is InChI=1S/C9H12N2O8S/c12-5-3-8(11-2-1-7(13)10-9(11)14)19-6(5)4-18-20(15,16)17/h1-2,5-6,8,12H,3-4H2,(H,10,13,14)(H,15,16,17)/t5-,6+,8+/m0/s1. The van der Waals surface area contributed by atoms with Gasteiger partial charge in [0, 0.05) is 18.7 Å². The minimum Gasteiger partial charge on any atom is -0.390 e. The summed E-state index contributed by atoms with van der Waals surface area (Å²) >= 11 is 0. The van der Waals surface area contributed by atoms with Crippen molar-refractivity contribution >= 4 is 10.4 Å². The van der Waals surface area contributed by atoms with Crippen molar-refractivity contribution in [2.24, 2.45) is 0 Å². The van der Waals surface area contributed by atoms with Crippen LogP contribution in [0.15, 0.2) is 21.9 Å². The van der Waals surface area contributed by atoms with Gasteiger partial charge >= 0.3 is 16.1 Å². The molecule has 112 valence electrons. The molecule has 2 heterocycles. The van der Waals surface area contributed by atoms with E-state index in [9.17, 15) is 23.1 Å². The molecule has 0 saturated carbocycles. The van der Waals surface area contributed by atoms with E-state index in [0.29, 0.717) is 0 Å². The van der Waals surface area contributed by atoms with Gasteiger partial charge in [-0.25, -0.2) is 8.98 Å². The van der Waals surface area contributed by atoms with Gasteiger partial charge in [0.15, 0.2) is 0 Å².